The topological polar surface area (TPSA) is 89.0 Å². The van der Waals surface area contributed by atoms with Crippen LogP contribution in [0.3, 0.4) is 0 Å². The second-order valence-corrected chi connectivity index (χ2v) is 8.02. The molecule has 3 aromatic carbocycles. The number of halogens is 5. The Morgan fingerprint density at radius 1 is 1.06 bits per heavy atom. The van der Waals surface area contributed by atoms with Gasteiger partial charge in [0.05, 0.1) is 28.4 Å². The molecule has 0 aliphatic carbocycles. The molecule has 4 rings (SSSR count). The Bertz CT molecular complexity index is 1440. The molecular weight excluding hydrogens is 508 g/mol. The minimum Gasteiger partial charge on any atom is -0.495 e. The second kappa shape index (κ2) is 9.47. The van der Waals surface area contributed by atoms with E-state index in [9.17, 15) is 22.8 Å². The van der Waals surface area contributed by atoms with E-state index >= 15 is 0 Å². The van der Waals surface area contributed by atoms with Gasteiger partial charge < -0.3 is 10.1 Å². The molecule has 0 aliphatic heterocycles. The molecule has 35 heavy (non-hydrogen) atoms. The van der Waals surface area contributed by atoms with Crippen LogP contribution in [-0.2, 0) is 6.18 Å². The third kappa shape index (κ3) is 5.03. The van der Waals surface area contributed by atoms with Gasteiger partial charge in [-0.2, -0.15) is 17.9 Å². The highest BCUT2D eigenvalue weighted by atomic mass is 35.5. The van der Waals surface area contributed by atoms with Gasteiger partial charge in [-0.15, -0.1) is 5.10 Å². The van der Waals surface area contributed by atoms with Gasteiger partial charge in [-0.25, -0.2) is 4.79 Å². The molecule has 0 spiro atoms. The molecule has 0 saturated heterocycles. The third-order valence-electron chi connectivity index (χ3n) is 4.96. The lowest BCUT2D eigenvalue weighted by atomic mass is 10.1. The number of amides is 1. The quantitative estimate of drug-likeness (QED) is 0.346. The highest BCUT2D eigenvalue weighted by molar-refractivity contribution is 6.37. The van der Waals surface area contributed by atoms with Gasteiger partial charge in [-0.05, 0) is 54.6 Å². The van der Waals surface area contributed by atoms with Gasteiger partial charge in [0.2, 0.25) is 0 Å². The molecule has 1 aromatic heterocycles. The summed E-state index contributed by atoms with van der Waals surface area (Å²) in [5, 5.41) is 7.32. The van der Waals surface area contributed by atoms with Crippen LogP contribution in [0.2, 0.25) is 10.0 Å². The number of aromatic nitrogens is 3. The first-order valence-corrected chi connectivity index (χ1v) is 10.6. The standard InChI is InChI=1S/C23H15Cl2F3N4O3/c1-35-18-11-13(20-30-22(34)32(31-20)19-15(24)3-2-4-16(19)25)7-10-17(18)29-21(33)12-5-8-14(9-6-12)23(26,27)28/h2-11H,1H3,(H,29,33)(H,30,31,34). The number of hydrogen-bond donors (Lipinski definition) is 2. The molecule has 0 radical (unpaired) electrons. The molecule has 7 nitrogen and oxygen atoms in total. The van der Waals surface area contributed by atoms with Crippen molar-refractivity contribution in [3.05, 3.63) is 92.3 Å². The van der Waals surface area contributed by atoms with Crippen molar-refractivity contribution in [2.24, 2.45) is 0 Å². The Kier molecular flexibility index (Phi) is 6.60. The largest absolute Gasteiger partial charge is 0.495 e. The maximum absolute atomic E-state index is 12.7. The van der Waals surface area contributed by atoms with Crippen molar-refractivity contribution in [2.45, 2.75) is 6.18 Å². The minimum atomic E-state index is -4.50. The van der Waals surface area contributed by atoms with E-state index in [4.69, 9.17) is 27.9 Å². The molecule has 0 fully saturated rings. The minimum absolute atomic E-state index is 0.0313. The number of nitrogens with one attached hydrogen (secondary N) is 2. The molecule has 1 heterocycles. The fourth-order valence-corrected chi connectivity index (χ4v) is 3.80. The number of para-hydroxylation sites is 1. The number of hydrogen-bond acceptors (Lipinski definition) is 4. The average molecular weight is 523 g/mol. The maximum atomic E-state index is 12.7. The number of methoxy groups -OCH3 is 1. The Balaban J connectivity index is 1.61. The summed E-state index contributed by atoms with van der Waals surface area (Å²) in [6.45, 7) is 0. The van der Waals surface area contributed by atoms with Crippen molar-refractivity contribution in [3.8, 4) is 22.8 Å². The Morgan fingerprint density at radius 3 is 2.31 bits per heavy atom. The smallest absolute Gasteiger partial charge is 0.416 e. The number of H-pyrrole nitrogens is 1. The molecule has 2 N–H and O–H groups in total. The lowest BCUT2D eigenvalue weighted by Crippen LogP contribution is -2.16. The summed E-state index contributed by atoms with van der Waals surface area (Å²) in [5.41, 5.74) is -0.471. The maximum Gasteiger partial charge on any atom is 0.416 e. The number of carbonyl (C=O) groups excluding carboxylic acids is 1. The monoisotopic (exact) mass is 522 g/mol. The predicted molar refractivity (Wildman–Crippen MR) is 126 cm³/mol. The first kappa shape index (κ1) is 24.4. The van der Waals surface area contributed by atoms with Crippen molar-refractivity contribution in [1.82, 2.24) is 14.8 Å². The summed E-state index contributed by atoms with van der Waals surface area (Å²) in [5.74, 6) is -0.213. The number of aromatic amines is 1. The normalized spacial score (nSPS) is 11.4. The average Bonchev–Trinajstić information content (AvgIpc) is 3.19. The fraction of sp³-hybridized carbons (Fsp3) is 0.0870. The highest BCUT2D eigenvalue weighted by Crippen LogP contribution is 2.32. The van der Waals surface area contributed by atoms with Gasteiger partial charge in [0.15, 0.2) is 5.82 Å². The molecule has 0 unspecified atom stereocenters. The van der Waals surface area contributed by atoms with Crippen molar-refractivity contribution in [3.63, 3.8) is 0 Å². The molecule has 0 bridgehead atoms. The summed E-state index contributed by atoms with van der Waals surface area (Å²) in [7, 11) is 1.37. The SMILES string of the molecule is COc1cc(-c2nn(-c3c(Cl)cccc3Cl)c(=O)[nH]2)ccc1NC(=O)c1ccc(C(F)(F)F)cc1. The summed E-state index contributed by atoms with van der Waals surface area (Å²) in [4.78, 5) is 27.6. The zero-order chi connectivity index (χ0) is 25.3. The van der Waals surface area contributed by atoms with E-state index < -0.39 is 23.3 Å². The number of alkyl halides is 3. The summed E-state index contributed by atoms with van der Waals surface area (Å²) in [6.07, 6.45) is -4.50. The molecule has 1 amide bonds. The van der Waals surface area contributed by atoms with E-state index in [2.05, 4.69) is 15.4 Å². The number of nitrogens with zero attached hydrogens (tertiary/aromatic N) is 2. The first-order chi connectivity index (χ1) is 16.6. The Morgan fingerprint density at radius 2 is 1.71 bits per heavy atom. The fourth-order valence-electron chi connectivity index (χ4n) is 3.24. The summed E-state index contributed by atoms with van der Waals surface area (Å²) >= 11 is 12.4. The molecule has 12 heteroatoms. The molecular formula is C23H15Cl2F3N4O3. The number of rotatable bonds is 5. The summed E-state index contributed by atoms with van der Waals surface area (Å²) < 4.78 is 44.6. The molecule has 180 valence electrons. The van der Waals surface area contributed by atoms with Gasteiger partial charge in [0.25, 0.3) is 5.91 Å². The summed E-state index contributed by atoms with van der Waals surface area (Å²) in [6, 6.07) is 13.2. The third-order valence-corrected chi connectivity index (χ3v) is 5.57. The first-order valence-electron chi connectivity index (χ1n) is 9.89. The number of ether oxygens (including phenoxy) is 1. The van der Waals surface area contributed by atoms with Crippen molar-refractivity contribution >= 4 is 34.8 Å². The van der Waals surface area contributed by atoms with Crippen LogP contribution in [0.25, 0.3) is 17.1 Å². The van der Waals surface area contributed by atoms with E-state index in [1.54, 1.807) is 24.3 Å². The zero-order valence-electron chi connectivity index (χ0n) is 17.8. The molecule has 0 aliphatic rings. The van der Waals surface area contributed by atoms with E-state index in [1.165, 1.54) is 19.2 Å². The van der Waals surface area contributed by atoms with E-state index in [1.807, 2.05) is 0 Å². The van der Waals surface area contributed by atoms with Crippen LogP contribution in [0.15, 0.2) is 65.5 Å². The number of carbonyl (C=O) groups is 1. The molecule has 0 atom stereocenters. The lowest BCUT2D eigenvalue weighted by molar-refractivity contribution is -0.137. The zero-order valence-corrected chi connectivity index (χ0v) is 19.3. The molecule has 0 saturated carbocycles. The van der Waals surface area contributed by atoms with Gasteiger partial charge in [0, 0.05) is 11.1 Å². The van der Waals surface area contributed by atoms with Crippen LogP contribution < -0.4 is 15.7 Å². The predicted octanol–water partition coefficient (Wildman–Crippen LogP) is 5.81. The van der Waals surface area contributed by atoms with Gasteiger partial charge in [-0.1, -0.05) is 29.3 Å². The van der Waals surface area contributed by atoms with Crippen LogP contribution in [0.1, 0.15) is 15.9 Å². The van der Waals surface area contributed by atoms with Crippen LogP contribution >= 0.6 is 23.2 Å². The van der Waals surface area contributed by atoms with E-state index in [0.29, 0.717) is 5.56 Å². The van der Waals surface area contributed by atoms with Crippen LogP contribution in [0.5, 0.6) is 5.75 Å². The van der Waals surface area contributed by atoms with Gasteiger partial charge >= 0.3 is 11.9 Å². The van der Waals surface area contributed by atoms with Gasteiger partial charge in [-0.3, -0.25) is 9.78 Å². The Hall–Kier alpha value is -3.76. The molecule has 4 aromatic rings. The van der Waals surface area contributed by atoms with Gasteiger partial charge in [0.1, 0.15) is 11.4 Å². The van der Waals surface area contributed by atoms with Crippen LogP contribution in [0.4, 0.5) is 18.9 Å². The highest BCUT2D eigenvalue weighted by Gasteiger charge is 2.30. The Labute approximate surface area is 206 Å². The van der Waals surface area contributed by atoms with Crippen LogP contribution in [0, 0.1) is 0 Å². The van der Waals surface area contributed by atoms with Crippen LogP contribution in [-0.4, -0.2) is 27.8 Å². The number of benzene rings is 3. The second-order valence-electron chi connectivity index (χ2n) is 7.21. The van der Waals surface area contributed by atoms with E-state index in [-0.39, 0.29) is 38.6 Å². The van der Waals surface area contributed by atoms with E-state index in [0.717, 1.165) is 28.9 Å². The van der Waals surface area contributed by atoms with Crippen molar-refractivity contribution in [1.29, 1.82) is 0 Å². The lowest BCUT2D eigenvalue weighted by Gasteiger charge is -2.12. The van der Waals surface area contributed by atoms with Crippen molar-refractivity contribution < 1.29 is 22.7 Å². The van der Waals surface area contributed by atoms with Crippen molar-refractivity contribution in [2.75, 3.05) is 12.4 Å². The number of anilines is 1.